The molecule has 0 bridgehead atoms. The van der Waals surface area contributed by atoms with E-state index in [-0.39, 0.29) is 5.82 Å². The summed E-state index contributed by atoms with van der Waals surface area (Å²) in [5.41, 5.74) is 2.09. The van der Waals surface area contributed by atoms with Gasteiger partial charge in [0.15, 0.2) is 11.0 Å². The Bertz CT molecular complexity index is 500. The van der Waals surface area contributed by atoms with Crippen molar-refractivity contribution in [3.05, 3.63) is 29.8 Å². The Hall–Kier alpha value is -1.38. The number of imidazole rings is 1. The molecule has 0 unspecified atom stereocenters. The van der Waals surface area contributed by atoms with Crippen molar-refractivity contribution in [3.63, 3.8) is 0 Å². The lowest BCUT2D eigenvalue weighted by molar-refractivity contribution is -0.674. The van der Waals surface area contributed by atoms with Gasteiger partial charge in [0.05, 0.1) is 13.1 Å². The molecule has 2 nitrogen and oxygen atoms in total. The first-order chi connectivity index (χ1) is 7.19. The highest BCUT2D eigenvalue weighted by molar-refractivity contribution is 5.72. The summed E-state index contributed by atoms with van der Waals surface area (Å²) in [6.07, 6.45) is 0. The van der Waals surface area contributed by atoms with Crippen LogP contribution in [0.2, 0.25) is 0 Å². The molecule has 0 amide bonds. The van der Waals surface area contributed by atoms with Crippen molar-refractivity contribution in [2.24, 2.45) is 0 Å². The average molecular weight is 207 g/mol. The molecule has 1 aromatic heterocycles. The fourth-order valence-corrected chi connectivity index (χ4v) is 2.23. The van der Waals surface area contributed by atoms with Crippen molar-refractivity contribution < 1.29 is 8.96 Å². The molecule has 15 heavy (non-hydrogen) atoms. The molecule has 2 aromatic rings. The Morgan fingerprint density at radius 2 is 2.07 bits per heavy atom. The van der Waals surface area contributed by atoms with Crippen LogP contribution in [0.15, 0.2) is 18.2 Å². The van der Waals surface area contributed by atoms with Crippen LogP contribution in [0, 0.1) is 12.7 Å². The van der Waals surface area contributed by atoms with Gasteiger partial charge in [-0.25, -0.2) is 13.5 Å². The third kappa shape index (κ3) is 1.42. The first-order valence-electron chi connectivity index (χ1n) is 5.37. The monoisotopic (exact) mass is 207 g/mol. The Kier molecular flexibility index (Phi) is 2.47. The van der Waals surface area contributed by atoms with E-state index in [4.69, 9.17) is 0 Å². The zero-order valence-electron chi connectivity index (χ0n) is 9.42. The quantitative estimate of drug-likeness (QED) is 0.669. The number of halogens is 1. The van der Waals surface area contributed by atoms with Gasteiger partial charge in [0.25, 0.3) is 5.82 Å². The average Bonchev–Trinajstić information content (AvgIpc) is 2.48. The second-order valence-corrected chi connectivity index (χ2v) is 3.67. The minimum atomic E-state index is -0.169. The van der Waals surface area contributed by atoms with Crippen LogP contribution in [0.25, 0.3) is 11.0 Å². The second-order valence-electron chi connectivity index (χ2n) is 3.67. The van der Waals surface area contributed by atoms with E-state index in [0.717, 1.165) is 24.1 Å². The van der Waals surface area contributed by atoms with Gasteiger partial charge in [0.2, 0.25) is 0 Å². The fraction of sp³-hybridized carbons (Fsp3) is 0.417. The van der Waals surface area contributed by atoms with Crippen LogP contribution in [-0.4, -0.2) is 4.57 Å². The highest BCUT2D eigenvalue weighted by Gasteiger charge is 2.19. The maximum absolute atomic E-state index is 13.2. The third-order valence-corrected chi connectivity index (χ3v) is 2.93. The zero-order valence-corrected chi connectivity index (χ0v) is 9.42. The SMILES string of the molecule is CCn1c(C)[n+](CC)c2ccc(F)cc21. The van der Waals surface area contributed by atoms with E-state index < -0.39 is 0 Å². The van der Waals surface area contributed by atoms with Crippen LogP contribution in [0.4, 0.5) is 4.39 Å². The number of benzene rings is 1. The number of rotatable bonds is 2. The van der Waals surface area contributed by atoms with Crippen LogP contribution in [0.5, 0.6) is 0 Å². The first kappa shape index (κ1) is 10.1. The number of aromatic nitrogens is 2. The van der Waals surface area contributed by atoms with Gasteiger partial charge >= 0.3 is 0 Å². The summed E-state index contributed by atoms with van der Waals surface area (Å²) >= 11 is 0. The predicted octanol–water partition coefficient (Wildman–Crippen LogP) is 2.42. The summed E-state index contributed by atoms with van der Waals surface area (Å²) in [5, 5.41) is 0. The molecule has 0 saturated carbocycles. The van der Waals surface area contributed by atoms with Crippen LogP contribution >= 0.6 is 0 Å². The minimum Gasteiger partial charge on any atom is -0.228 e. The standard InChI is InChI=1S/C12H16FN2/c1-4-14-9(3)15(5-2)12-8-10(13)6-7-11(12)14/h6-8H,4-5H2,1-3H3/q+1. The largest absolute Gasteiger partial charge is 0.254 e. The van der Waals surface area contributed by atoms with Crippen molar-refractivity contribution in [1.82, 2.24) is 4.57 Å². The Morgan fingerprint density at radius 3 is 2.67 bits per heavy atom. The van der Waals surface area contributed by atoms with Gasteiger partial charge in [0.1, 0.15) is 5.82 Å². The number of nitrogens with zero attached hydrogens (tertiary/aromatic N) is 2. The van der Waals surface area contributed by atoms with Crippen molar-refractivity contribution in [2.75, 3.05) is 0 Å². The summed E-state index contributed by atoms with van der Waals surface area (Å²) in [6, 6.07) is 4.99. The van der Waals surface area contributed by atoms with Crippen molar-refractivity contribution in [2.45, 2.75) is 33.9 Å². The molecule has 0 saturated heterocycles. The molecule has 0 aliphatic carbocycles. The van der Waals surface area contributed by atoms with E-state index in [1.165, 1.54) is 11.9 Å². The number of hydrogen-bond donors (Lipinski definition) is 0. The van der Waals surface area contributed by atoms with E-state index in [1.807, 2.05) is 6.07 Å². The lowest BCUT2D eigenvalue weighted by Gasteiger charge is -1.94. The minimum absolute atomic E-state index is 0.169. The van der Waals surface area contributed by atoms with Crippen LogP contribution in [0.3, 0.4) is 0 Å². The Balaban J connectivity index is 2.85. The van der Waals surface area contributed by atoms with Crippen LogP contribution in [0.1, 0.15) is 19.7 Å². The molecule has 0 fully saturated rings. The lowest BCUT2D eigenvalue weighted by atomic mass is 10.3. The molecule has 0 N–H and O–H groups in total. The van der Waals surface area contributed by atoms with Crippen molar-refractivity contribution in [3.8, 4) is 0 Å². The van der Waals surface area contributed by atoms with Crippen LogP contribution < -0.4 is 4.57 Å². The fourth-order valence-electron chi connectivity index (χ4n) is 2.23. The van der Waals surface area contributed by atoms with Gasteiger partial charge in [-0.15, -0.1) is 0 Å². The molecule has 0 spiro atoms. The molecule has 0 aliphatic rings. The van der Waals surface area contributed by atoms with Crippen molar-refractivity contribution >= 4 is 11.0 Å². The van der Waals surface area contributed by atoms with Gasteiger partial charge in [-0.1, -0.05) is 0 Å². The summed E-state index contributed by atoms with van der Waals surface area (Å²) in [7, 11) is 0. The third-order valence-electron chi connectivity index (χ3n) is 2.93. The Morgan fingerprint density at radius 1 is 1.33 bits per heavy atom. The van der Waals surface area contributed by atoms with Crippen molar-refractivity contribution in [1.29, 1.82) is 0 Å². The van der Waals surface area contributed by atoms with Gasteiger partial charge in [-0.05, 0) is 26.0 Å². The molecule has 80 valence electrons. The zero-order chi connectivity index (χ0) is 11.0. The lowest BCUT2D eigenvalue weighted by Crippen LogP contribution is -2.35. The first-order valence-corrected chi connectivity index (χ1v) is 5.37. The predicted molar refractivity (Wildman–Crippen MR) is 58.2 cm³/mol. The summed E-state index contributed by atoms with van der Waals surface area (Å²) in [5.74, 6) is 1.01. The van der Waals surface area contributed by atoms with E-state index >= 15 is 0 Å². The van der Waals surface area contributed by atoms with Gasteiger partial charge in [-0.2, -0.15) is 0 Å². The maximum atomic E-state index is 13.2. The van der Waals surface area contributed by atoms with E-state index in [1.54, 1.807) is 6.07 Å². The van der Waals surface area contributed by atoms with Crippen LogP contribution in [-0.2, 0) is 13.1 Å². The number of aryl methyl sites for hydroxylation is 2. The highest BCUT2D eigenvalue weighted by atomic mass is 19.1. The van der Waals surface area contributed by atoms with E-state index in [0.29, 0.717) is 0 Å². The molecule has 2 rings (SSSR count). The topological polar surface area (TPSA) is 8.81 Å². The molecule has 1 aromatic carbocycles. The highest BCUT2D eigenvalue weighted by Crippen LogP contribution is 2.15. The second kappa shape index (κ2) is 3.65. The van der Waals surface area contributed by atoms with Gasteiger partial charge in [0, 0.05) is 13.0 Å². The molecule has 0 atom stereocenters. The molecule has 0 aliphatic heterocycles. The summed E-state index contributed by atoms with van der Waals surface area (Å²) in [4.78, 5) is 0. The molecule has 1 heterocycles. The molecule has 0 radical (unpaired) electrons. The van der Waals surface area contributed by atoms with E-state index in [9.17, 15) is 4.39 Å². The number of hydrogen-bond acceptors (Lipinski definition) is 0. The normalized spacial score (nSPS) is 11.2. The summed E-state index contributed by atoms with van der Waals surface area (Å²) < 4.78 is 17.5. The molecular weight excluding hydrogens is 191 g/mol. The molecule has 3 heteroatoms. The number of fused-ring (bicyclic) bond motifs is 1. The molecular formula is C12H16FN2+. The maximum Gasteiger partial charge on any atom is 0.254 e. The van der Waals surface area contributed by atoms with E-state index in [2.05, 4.69) is 29.9 Å². The van der Waals surface area contributed by atoms with Gasteiger partial charge < -0.3 is 0 Å². The smallest absolute Gasteiger partial charge is 0.228 e. The van der Waals surface area contributed by atoms with Gasteiger partial charge in [-0.3, -0.25) is 0 Å². The Labute approximate surface area is 89.0 Å². The summed E-state index contributed by atoms with van der Waals surface area (Å²) in [6.45, 7) is 8.05.